The molecule has 2 heterocycles. The Morgan fingerprint density at radius 3 is 3.11 bits per heavy atom. The highest BCUT2D eigenvalue weighted by molar-refractivity contribution is 5.80. The van der Waals surface area contributed by atoms with Gasteiger partial charge in [-0.15, -0.1) is 0 Å². The van der Waals surface area contributed by atoms with Gasteiger partial charge in [0, 0.05) is 19.6 Å². The standard InChI is InChI=1S/C14H23N3O2/c1-11(2)9-17-14(15-10-16-17)8-12(18)5-6-13-4-3-7-19-13/h10-11,13H,3-9H2,1-2H3. The predicted octanol–water partition coefficient (Wildman–Crippen LogP) is 2.00. The molecule has 0 aliphatic carbocycles. The van der Waals surface area contributed by atoms with Crippen LogP contribution in [0.3, 0.4) is 0 Å². The lowest BCUT2D eigenvalue weighted by Crippen LogP contribution is -2.15. The highest BCUT2D eigenvalue weighted by Crippen LogP contribution is 2.17. The van der Waals surface area contributed by atoms with Gasteiger partial charge in [0.25, 0.3) is 0 Å². The van der Waals surface area contributed by atoms with E-state index in [4.69, 9.17) is 4.74 Å². The van der Waals surface area contributed by atoms with E-state index >= 15 is 0 Å². The van der Waals surface area contributed by atoms with Crippen LogP contribution < -0.4 is 0 Å². The number of Topliss-reactive ketones (excluding diaryl/α,β-unsaturated/α-hetero) is 1. The van der Waals surface area contributed by atoms with Gasteiger partial charge in [0.15, 0.2) is 0 Å². The van der Waals surface area contributed by atoms with Gasteiger partial charge in [0.2, 0.25) is 0 Å². The number of hydrogen-bond donors (Lipinski definition) is 0. The molecule has 0 amide bonds. The normalized spacial score (nSPS) is 19.2. The predicted molar refractivity (Wildman–Crippen MR) is 71.8 cm³/mol. The summed E-state index contributed by atoms with van der Waals surface area (Å²) in [4.78, 5) is 16.2. The highest BCUT2D eigenvalue weighted by atomic mass is 16.5. The zero-order valence-electron chi connectivity index (χ0n) is 11.8. The molecule has 1 atom stereocenters. The summed E-state index contributed by atoms with van der Waals surface area (Å²) in [6.45, 7) is 5.92. The highest BCUT2D eigenvalue weighted by Gasteiger charge is 2.18. The molecule has 0 aromatic carbocycles. The number of rotatable bonds is 7. The maximum absolute atomic E-state index is 12.0. The fourth-order valence-electron chi connectivity index (χ4n) is 2.38. The number of carbonyl (C=O) groups is 1. The Hall–Kier alpha value is -1.23. The third-order valence-electron chi connectivity index (χ3n) is 3.36. The van der Waals surface area contributed by atoms with Crippen molar-refractivity contribution in [2.75, 3.05) is 6.61 Å². The molecule has 1 fully saturated rings. The maximum Gasteiger partial charge on any atom is 0.140 e. The largest absolute Gasteiger partial charge is 0.378 e. The van der Waals surface area contributed by atoms with Crippen molar-refractivity contribution in [2.24, 2.45) is 5.92 Å². The average Bonchev–Trinajstić information content (AvgIpc) is 2.98. The number of ketones is 1. The Morgan fingerprint density at radius 2 is 2.42 bits per heavy atom. The van der Waals surface area contributed by atoms with E-state index in [-0.39, 0.29) is 11.9 Å². The Labute approximate surface area is 114 Å². The van der Waals surface area contributed by atoms with Gasteiger partial charge in [-0.1, -0.05) is 13.8 Å². The van der Waals surface area contributed by atoms with Gasteiger partial charge < -0.3 is 4.74 Å². The molecule has 0 bridgehead atoms. The van der Waals surface area contributed by atoms with E-state index in [2.05, 4.69) is 23.9 Å². The Balaban J connectivity index is 1.79. The zero-order valence-corrected chi connectivity index (χ0v) is 11.8. The summed E-state index contributed by atoms with van der Waals surface area (Å²) in [5, 5.41) is 4.18. The zero-order chi connectivity index (χ0) is 13.7. The summed E-state index contributed by atoms with van der Waals surface area (Å²) >= 11 is 0. The van der Waals surface area contributed by atoms with Crippen LogP contribution >= 0.6 is 0 Å². The second-order valence-corrected chi connectivity index (χ2v) is 5.64. The molecular formula is C14H23N3O2. The Kier molecular flexibility index (Phi) is 5.07. The monoisotopic (exact) mass is 265 g/mol. The molecule has 0 spiro atoms. The molecule has 19 heavy (non-hydrogen) atoms. The van der Waals surface area contributed by atoms with Crippen molar-refractivity contribution < 1.29 is 9.53 Å². The van der Waals surface area contributed by atoms with Crippen LogP contribution in [0.25, 0.3) is 0 Å². The first-order valence-electron chi connectivity index (χ1n) is 7.15. The third-order valence-corrected chi connectivity index (χ3v) is 3.36. The van der Waals surface area contributed by atoms with E-state index in [1.165, 1.54) is 6.33 Å². The molecule has 0 saturated carbocycles. The number of carbonyl (C=O) groups excluding carboxylic acids is 1. The number of hydrogen-bond acceptors (Lipinski definition) is 4. The van der Waals surface area contributed by atoms with Crippen molar-refractivity contribution in [3.8, 4) is 0 Å². The van der Waals surface area contributed by atoms with E-state index < -0.39 is 0 Å². The topological polar surface area (TPSA) is 57.0 Å². The molecule has 1 aliphatic heterocycles. The number of ether oxygens (including phenoxy) is 1. The lowest BCUT2D eigenvalue weighted by molar-refractivity contribution is -0.119. The van der Waals surface area contributed by atoms with Gasteiger partial charge in [-0.3, -0.25) is 4.79 Å². The lowest BCUT2D eigenvalue weighted by Gasteiger charge is -2.09. The van der Waals surface area contributed by atoms with Crippen LogP contribution in [0.1, 0.15) is 45.4 Å². The molecule has 0 radical (unpaired) electrons. The summed E-state index contributed by atoms with van der Waals surface area (Å²) in [6, 6.07) is 0. The van der Waals surface area contributed by atoms with Crippen molar-refractivity contribution in [3.05, 3.63) is 12.2 Å². The van der Waals surface area contributed by atoms with Crippen LogP contribution in [0.15, 0.2) is 6.33 Å². The second-order valence-electron chi connectivity index (χ2n) is 5.64. The summed E-state index contributed by atoms with van der Waals surface area (Å²) < 4.78 is 7.37. The molecule has 1 unspecified atom stereocenters. The average molecular weight is 265 g/mol. The fraction of sp³-hybridized carbons (Fsp3) is 0.786. The van der Waals surface area contributed by atoms with Crippen molar-refractivity contribution in [1.82, 2.24) is 14.8 Å². The van der Waals surface area contributed by atoms with Gasteiger partial charge in [-0.05, 0) is 25.2 Å². The van der Waals surface area contributed by atoms with Crippen LogP contribution in [0.4, 0.5) is 0 Å². The van der Waals surface area contributed by atoms with Crippen molar-refractivity contribution in [3.63, 3.8) is 0 Å². The minimum atomic E-state index is 0.230. The summed E-state index contributed by atoms with van der Waals surface area (Å²) in [7, 11) is 0. The third kappa shape index (κ3) is 4.42. The molecular weight excluding hydrogens is 242 g/mol. The van der Waals surface area contributed by atoms with E-state index in [9.17, 15) is 4.79 Å². The van der Waals surface area contributed by atoms with Crippen LogP contribution in [0, 0.1) is 5.92 Å². The van der Waals surface area contributed by atoms with Crippen molar-refractivity contribution >= 4 is 5.78 Å². The molecule has 1 aliphatic rings. The van der Waals surface area contributed by atoms with Crippen LogP contribution in [0.5, 0.6) is 0 Å². The van der Waals surface area contributed by atoms with Crippen LogP contribution in [-0.2, 0) is 22.5 Å². The first kappa shape index (κ1) is 14.2. The first-order chi connectivity index (χ1) is 9.15. The Morgan fingerprint density at radius 1 is 1.58 bits per heavy atom. The van der Waals surface area contributed by atoms with Crippen molar-refractivity contribution in [2.45, 2.75) is 58.6 Å². The minimum absolute atomic E-state index is 0.230. The minimum Gasteiger partial charge on any atom is -0.378 e. The summed E-state index contributed by atoms with van der Waals surface area (Å²) in [5.74, 6) is 1.52. The number of aromatic nitrogens is 3. The Bertz CT molecular complexity index is 409. The van der Waals surface area contributed by atoms with E-state index in [1.807, 2.05) is 4.68 Å². The summed E-state index contributed by atoms with van der Waals surface area (Å²) in [5.41, 5.74) is 0. The van der Waals surface area contributed by atoms with Gasteiger partial charge in [0.05, 0.1) is 12.5 Å². The summed E-state index contributed by atoms with van der Waals surface area (Å²) in [6.07, 6.45) is 5.86. The number of nitrogens with zero attached hydrogens (tertiary/aromatic N) is 3. The lowest BCUT2D eigenvalue weighted by atomic mass is 10.1. The van der Waals surface area contributed by atoms with Gasteiger partial charge >= 0.3 is 0 Å². The molecule has 1 aromatic heterocycles. The molecule has 0 N–H and O–H groups in total. The molecule has 5 heteroatoms. The van der Waals surface area contributed by atoms with Gasteiger partial charge in [0.1, 0.15) is 17.9 Å². The molecule has 1 aromatic rings. The van der Waals surface area contributed by atoms with E-state index in [0.29, 0.717) is 18.8 Å². The fourth-order valence-corrected chi connectivity index (χ4v) is 2.38. The second kappa shape index (κ2) is 6.80. The molecule has 1 saturated heterocycles. The first-order valence-corrected chi connectivity index (χ1v) is 7.15. The van der Waals surface area contributed by atoms with E-state index in [1.54, 1.807) is 0 Å². The van der Waals surface area contributed by atoms with Crippen LogP contribution in [0.2, 0.25) is 0 Å². The SMILES string of the molecule is CC(C)Cn1ncnc1CC(=O)CCC1CCCO1. The van der Waals surface area contributed by atoms with Crippen LogP contribution in [-0.4, -0.2) is 33.3 Å². The van der Waals surface area contributed by atoms with E-state index in [0.717, 1.165) is 38.2 Å². The quantitative estimate of drug-likeness (QED) is 0.756. The van der Waals surface area contributed by atoms with Gasteiger partial charge in [-0.25, -0.2) is 9.67 Å². The molecule has 2 rings (SSSR count). The van der Waals surface area contributed by atoms with Crippen molar-refractivity contribution in [1.29, 1.82) is 0 Å². The van der Waals surface area contributed by atoms with Gasteiger partial charge in [-0.2, -0.15) is 5.10 Å². The molecule has 5 nitrogen and oxygen atoms in total. The smallest absolute Gasteiger partial charge is 0.140 e. The maximum atomic E-state index is 12.0. The molecule has 106 valence electrons.